The molecule has 110 valence electrons. The second-order valence-corrected chi connectivity index (χ2v) is 5.93. The van der Waals surface area contributed by atoms with Crippen molar-refractivity contribution in [3.63, 3.8) is 0 Å². The molecule has 1 aromatic rings. The minimum absolute atomic E-state index is 0.211. The Balaban J connectivity index is 2.01. The summed E-state index contributed by atoms with van der Waals surface area (Å²) in [6, 6.07) is -1.25. The number of carbonyl (C=O) groups is 2. The van der Waals surface area contributed by atoms with Gasteiger partial charge in [0.2, 0.25) is 0 Å². The highest BCUT2D eigenvalue weighted by Gasteiger charge is 2.32. The average Bonchev–Trinajstić information content (AvgIpc) is 2.85. The zero-order chi connectivity index (χ0) is 14.7. The predicted octanol–water partition coefficient (Wildman–Crippen LogP) is 2.16. The van der Waals surface area contributed by atoms with Gasteiger partial charge in [0.25, 0.3) is 0 Å². The molecule has 0 spiro atoms. The predicted molar refractivity (Wildman–Crippen MR) is 75.8 cm³/mol. The normalized spacial score (nSPS) is 20.5. The molecule has 2 amide bonds. The summed E-state index contributed by atoms with van der Waals surface area (Å²) >= 11 is 1.49. The quantitative estimate of drug-likeness (QED) is 0.895. The fourth-order valence-electron chi connectivity index (χ4n) is 2.33. The molecular formula is C13H19N3O3S. The van der Waals surface area contributed by atoms with Crippen LogP contribution in [0.25, 0.3) is 0 Å². The van der Waals surface area contributed by atoms with Gasteiger partial charge in [-0.05, 0) is 33.1 Å². The van der Waals surface area contributed by atoms with E-state index in [0.717, 1.165) is 23.5 Å². The van der Waals surface area contributed by atoms with Crippen molar-refractivity contribution in [2.75, 3.05) is 6.54 Å². The summed E-state index contributed by atoms with van der Waals surface area (Å²) in [5.41, 5.74) is 0.924. The van der Waals surface area contributed by atoms with Crippen molar-refractivity contribution in [2.24, 2.45) is 0 Å². The molecule has 0 radical (unpaired) electrons. The van der Waals surface area contributed by atoms with Crippen LogP contribution in [0.3, 0.4) is 0 Å². The van der Waals surface area contributed by atoms with Crippen LogP contribution in [0.2, 0.25) is 0 Å². The van der Waals surface area contributed by atoms with Gasteiger partial charge in [-0.15, -0.1) is 11.3 Å². The lowest BCUT2D eigenvalue weighted by Gasteiger charge is -2.33. The number of carbonyl (C=O) groups excluding carboxylic acids is 1. The van der Waals surface area contributed by atoms with Crippen LogP contribution in [0.5, 0.6) is 0 Å². The van der Waals surface area contributed by atoms with Crippen molar-refractivity contribution in [1.82, 2.24) is 15.2 Å². The van der Waals surface area contributed by atoms with Gasteiger partial charge in [0.1, 0.15) is 11.0 Å². The standard InChI is InChI=1S/C13H19N3O3S/c1-8-7-20-11(14-8)9(2)15-13(19)16-6-4-3-5-10(16)12(17)18/h7,9-10H,3-6H2,1-2H3,(H,15,19)(H,17,18). The molecule has 2 atom stereocenters. The molecule has 0 aromatic carbocycles. The first-order valence-electron chi connectivity index (χ1n) is 6.71. The molecule has 7 heteroatoms. The summed E-state index contributed by atoms with van der Waals surface area (Å²) in [7, 11) is 0. The highest BCUT2D eigenvalue weighted by atomic mass is 32.1. The lowest BCUT2D eigenvalue weighted by molar-refractivity contribution is -0.143. The first-order chi connectivity index (χ1) is 9.49. The van der Waals surface area contributed by atoms with Crippen LogP contribution in [0.4, 0.5) is 4.79 Å². The molecule has 1 aromatic heterocycles. The molecule has 0 saturated carbocycles. The molecule has 1 saturated heterocycles. The number of hydrogen-bond acceptors (Lipinski definition) is 4. The summed E-state index contributed by atoms with van der Waals surface area (Å²) in [6.07, 6.45) is 2.22. The Kier molecular flexibility index (Phi) is 4.59. The van der Waals surface area contributed by atoms with E-state index >= 15 is 0 Å². The number of aromatic nitrogens is 1. The minimum Gasteiger partial charge on any atom is -0.480 e. The molecule has 20 heavy (non-hydrogen) atoms. The molecule has 2 rings (SSSR count). The maximum Gasteiger partial charge on any atom is 0.326 e. The minimum atomic E-state index is -0.933. The molecule has 1 aliphatic rings. The lowest BCUT2D eigenvalue weighted by Crippen LogP contribution is -2.52. The van der Waals surface area contributed by atoms with Crippen LogP contribution >= 0.6 is 11.3 Å². The van der Waals surface area contributed by atoms with Crippen molar-refractivity contribution in [2.45, 2.75) is 45.2 Å². The van der Waals surface area contributed by atoms with Crippen LogP contribution < -0.4 is 5.32 Å². The third kappa shape index (κ3) is 3.27. The van der Waals surface area contributed by atoms with Gasteiger partial charge in [0, 0.05) is 17.6 Å². The fourth-order valence-corrected chi connectivity index (χ4v) is 3.14. The monoisotopic (exact) mass is 297 g/mol. The van der Waals surface area contributed by atoms with Gasteiger partial charge in [0.05, 0.1) is 6.04 Å². The number of nitrogens with zero attached hydrogens (tertiary/aromatic N) is 2. The summed E-state index contributed by atoms with van der Waals surface area (Å²) in [5, 5.41) is 14.8. The van der Waals surface area contributed by atoms with Crippen LogP contribution in [0.15, 0.2) is 5.38 Å². The van der Waals surface area contributed by atoms with Crippen molar-refractivity contribution < 1.29 is 14.7 Å². The fraction of sp³-hybridized carbons (Fsp3) is 0.615. The molecule has 6 nitrogen and oxygen atoms in total. The molecular weight excluding hydrogens is 278 g/mol. The van der Waals surface area contributed by atoms with E-state index in [9.17, 15) is 14.7 Å². The number of urea groups is 1. The number of amides is 2. The van der Waals surface area contributed by atoms with E-state index in [2.05, 4.69) is 10.3 Å². The van der Waals surface area contributed by atoms with E-state index in [-0.39, 0.29) is 12.1 Å². The zero-order valence-electron chi connectivity index (χ0n) is 11.6. The number of rotatable bonds is 3. The average molecular weight is 297 g/mol. The van der Waals surface area contributed by atoms with Gasteiger partial charge in [-0.1, -0.05) is 0 Å². The number of nitrogens with one attached hydrogen (secondary N) is 1. The smallest absolute Gasteiger partial charge is 0.326 e. The molecule has 2 N–H and O–H groups in total. The Bertz CT molecular complexity index is 503. The largest absolute Gasteiger partial charge is 0.480 e. The van der Waals surface area contributed by atoms with Crippen LogP contribution in [-0.4, -0.2) is 39.6 Å². The molecule has 1 fully saturated rings. The number of carboxylic acid groups (broad SMARTS) is 1. The van der Waals surface area contributed by atoms with Gasteiger partial charge in [-0.25, -0.2) is 14.6 Å². The molecule has 2 unspecified atom stereocenters. The van der Waals surface area contributed by atoms with E-state index < -0.39 is 12.0 Å². The summed E-state index contributed by atoms with van der Waals surface area (Å²) in [6.45, 7) is 4.25. The maximum absolute atomic E-state index is 12.2. The third-order valence-electron chi connectivity index (χ3n) is 3.40. The number of hydrogen-bond donors (Lipinski definition) is 2. The van der Waals surface area contributed by atoms with Crippen LogP contribution in [0, 0.1) is 6.92 Å². The highest BCUT2D eigenvalue weighted by Crippen LogP contribution is 2.20. The first-order valence-corrected chi connectivity index (χ1v) is 7.59. The van der Waals surface area contributed by atoms with Crippen molar-refractivity contribution >= 4 is 23.3 Å². The van der Waals surface area contributed by atoms with E-state index in [1.165, 1.54) is 16.2 Å². The Morgan fingerprint density at radius 1 is 1.55 bits per heavy atom. The zero-order valence-corrected chi connectivity index (χ0v) is 12.4. The van der Waals surface area contributed by atoms with E-state index in [1.807, 2.05) is 19.2 Å². The number of likely N-dealkylation sites (tertiary alicyclic amines) is 1. The van der Waals surface area contributed by atoms with Crippen LogP contribution in [0.1, 0.15) is 42.9 Å². The molecule has 2 heterocycles. The SMILES string of the molecule is Cc1csc(C(C)NC(=O)N2CCCCC2C(=O)O)n1. The molecule has 1 aliphatic heterocycles. The van der Waals surface area contributed by atoms with Gasteiger partial charge in [-0.3, -0.25) is 0 Å². The summed E-state index contributed by atoms with van der Waals surface area (Å²) in [5.74, 6) is -0.933. The Labute approximate surface area is 121 Å². The Morgan fingerprint density at radius 2 is 2.30 bits per heavy atom. The number of carboxylic acids is 1. The highest BCUT2D eigenvalue weighted by molar-refractivity contribution is 7.09. The first kappa shape index (κ1) is 14.8. The molecule has 0 aliphatic carbocycles. The van der Waals surface area contributed by atoms with Crippen molar-refractivity contribution in [3.8, 4) is 0 Å². The van der Waals surface area contributed by atoms with Crippen LogP contribution in [-0.2, 0) is 4.79 Å². The van der Waals surface area contributed by atoms with Crippen molar-refractivity contribution in [1.29, 1.82) is 0 Å². The second kappa shape index (κ2) is 6.21. The Hall–Kier alpha value is -1.63. The number of thiazole rings is 1. The second-order valence-electron chi connectivity index (χ2n) is 5.04. The summed E-state index contributed by atoms with van der Waals surface area (Å²) < 4.78 is 0. The third-order valence-corrected chi connectivity index (χ3v) is 4.54. The van der Waals surface area contributed by atoms with E-state index in [4.69, 9.17) is 0 Å². The number of piperidine rings is 1. The van der Waals surface area contributed by atoms with Gasteiger partial charge >= 0.3 is 12.0 Å². The lowest BCUT2D eigenvalue weighted by atomic mass is 10.0. The van der Waals surface area contributed by atoms with Gasteiger partial charge in [0.15, 0.2) is 0 Å². The Morgan fingerprint density at radius 3 is 2.90 bits per heavy atom. The summed E-state index contributed by atoms with van der Waals surface area (Å²) in [4.78, 5) is 29.2. The van der Waals surface area contributed by atoms with Gasteiger partial charge < -0.3 is 15.3 Å². The number of aryl methyl sites for hydroxylation is 1. The van der Waals surface area contributed by atoms with Crippen molar-refractivity contribution in [3.05, 3.63) is 16.1 Å². The van der Waals surface area contributed by atoms with Gasteiger partial charge in [-0.2, -0.15) is 0 Å². The van der Waals surface area contributed by atoms with E-state index in [0.29, 0.717) is 13.0 Å². The molecule has 0 bridgehead atoms. The topological polar surface area (TPSA) is 82.5 Å². The van der Waals surface area contributed by atoms with E-state index in [1.54, 1.807) is 0 Å². The maximum atomic E-state index is 12.2. The number of aliphatic carboxylic acids is 1.